The van der Waals surface area contributed by atoms with Gasteiger partial charge in [0.1, 0.15) is 13.2 Å². The summed E-state index contributed by atoms with van der Waals surface area (Å²) in [6, 6.07) is 0. The highest BCUT2D eigenvalue weighted by molar-refractivity contribution is 5.71. The summed E-state index contributed by atoms with van der Waals surface area (Å²) in [6.07, 6.45) is 86.5. The molecule has 0 saturated carbocycles. The van der Waals surface area contributed by atoms with Gasteiger partial charge in [0.05, 0.1) is 0 Å². The number of carbonyl (C=O) groups excluding carboxylic acids is 3. The lowest BCUT2D eigenvalue weighted by Gasteiger charge is -2.18. The minimum absolute atomic E-state index is 0.0907. The van der Waals surface area contributed by atoms with Crippen molar-refractivity contribution >= 4 is 17.9 Å². The van der Waals surface area contributed by atoms with Gasteiger partial charge in [-0.3, -0.25) is 14.4 Å². The van der Waals surface area contributed by atoms with Gasteiger partial charge in [-0.2, -0.15) is 0 Å². The average molecular weight is 1060 g/mol. The van der Waals surface area contributed by atoms with Crippen LogP contribution in [-0.4, -0.2) is 37.2 Å². The van der Waals surface area contributed by atoms with Crippen molar-refractivity contribution < 1.29 is 28.6 Å². The molecule has 0 fully saturated rings. The molecule has 0 saturated heterocycles. The van der Waals surface area contributed by atoms with Crippen LogP contribution in [0.2, 0.25) is 0 Å². The Balaban J connectivity index is 4.42. The highest BCUT2D eigenvalue weighted by Crippen LogP contribution is 2.15. The first kappa shape index (κ1) is 72.1. The van der Waals surface area contributed by atoms with Crippen molar-refractivity contribution in [1.29, 1.82) is 0 Å². The molecule has 0 bridgehead atoms. The molecule has 0 aromatic rings. The first-order chi connectivity index (χ1) is 37.5. The molecule has 0 aliphatic carbocycles. The monoisotopic (exact) mass is 1050 g/mol. The number of rotatable bonds is 57. The zero-order chi connectivity index (χ0) is 55.0. The van der Waals surface area contributed by atoms with Crippen molar-refractivity contribution in [1.82, 2.24) is 0 Å². The van der Waals surface area contributed by atoms with E-state index in [9.17, 15) is 14.4 Å². The second kappa shape index (κ2) is 63.6. The molecule has 0 rings (SSSR count). The van der Waals surface area contributed by atoms with Gasteiger partial charge in [0.2, 0.25) is 0 Å². The zero-order valence-electron chi connectivity index (χ0n) is 49.7. The topological polar surface area (TPSA) is 78.9 Å². The lowest BCUT2D eigenvalue weighted by Crippen LogP contribution is -2.30. The molecule has 0 aliphatic rings. The summed E-state index contributed by atoms with van der Waals surface area (Å²) in [6.45, 7) is 6.49. The number of carbonyl (C=O) groups is 3. The first-order valence-electron chi connectivity index (χ1n) is 31.9. The molecule has 0 spiro atoms. The third-order valence-corrected chi connectivity index (χ3v) is 13.5. The summed E-state index contributed by atoms with van der Waals surface area (Å²) < 4.78 is 16.9. The van der Waals surface area contributed by atoms with E-state index in [1.807, 2.05) is 0 Å². The Hall–Kier alpha value is -3.93. The third kappa shape index (κ3) is 60.9. The maximum atomic E-state index is 12.9. The van der Waals surface area contributed by atoms with E-state index in [0.717, 1.165) is 128 Å². The number of esters is 3. The van der Waals surface area contributed by atoms with Crippen molar-refractivity contribution in [2.45, 2.75) is 303 Å². The standard InChI is InChI=1S/C70H118O6/c1-4-7-10-13-16-19-22-25-28-31-32-33-34-35-36-37-38-40-42-45-48-51-54-57-60-63-69(72)75-66-67(65-74-68(71)62-59-56-53-50-47-44-41-30-27-24-21-18-15-12-9-6-3)76-70(73)64-61-58-55-52-49-46-43-39-29-26-23-20-17-14-11-8-5-2/h7,10,16-17,19-20,25-26,28-30,32-33,35-36,38,40-41,67H,4-6,8-9,11-15,18,21-24,27,31,34,37,39,42-66H2,1-3H3/b10-7-,19-16-,20-17-,28-25-,29-26-,33-32-,36-35-,40-38-,41-30-. The highest BCUT2D eigenvalue weighted by Gasteiger charge is 2.19. The Kier molecular flexibility index (Phi) is 60.3. The largest absolute Gasteiger partial charge is 0.462 e. The van der Waals surface area contributed by atoms with E-state index in [-0.39, 0.29) is 31.1 Å². The highest BCUT2D eigenvalue weighted by atomic mass is 16.6. The molecular formula is C70H118O6. The summed E-state index contributed by atoms with van der Waals surface area (Å²) in [5.41, 5.74) is 0. The van der Waals surface area contributed by atoms with Crippen LogP contribution >= 0.6 is 0 Å². The van der Waals surface area contributed by atoms with Crippen LogP contribution in [0.3, 0.4) is 0 Å². The molecule has 0 N–H and O–H groups in total. The van der Waals surface area contributed by atoms with E-state index in [0.29, 0.717) is 19.3 Å². The fraction of sp³-hybridized carbons (Fsp3) is 0.700. The number of allylic oxidation sites excluding steroid dienone is 18. The maximum Gasteiger partial charge on any atom is 0.306 e. The smallest absolute Gasteiger partial charge is 0.306 e. The molecule has 0 aromatic heterocycles. The van der Waals surface area contributed by atoms with Gasteiger partial charge in [-0.15, -0.1) is 0 Å². The fourth-order valence-electron chi connectivity index (χ4n) is 8.71. The van der Waals surface area contributed by atoms with Gasteiger partial charge in [0.25, 0.3) is 0 Å². The summed E-state index contributed by atoms with van der Waals surface area (Å²) in [5.74, 6) is -0.914. The Labute approximate surface area is 470 Å². The Bertz CT molecular complexity index is 1540. The van der Waals surface area contributed by atoms with Crippen LogP contribution < -0.4 is 0 Å². The van der Waals surface area contributed by atoms with Gasteiger partial charge in [-0.25, -0.2) is 0 Å². The lowest BCUT2D eigenvalue weighted by molar-refractivity contribution is -0.167. The number of ether oxygens (including phenoxy) is 3. The molecular weight excluding hydrogens is 937 g/mol. The van der Waals surface area contributed by atoms with Crippen molar-refractivity contribution in [3.05, 3.63) is 109 Å². The predicted molar refractivity (Wildman–Crippen MR) is 330 cm³/mol. The van der Waals surface area contributed by atoms with Gasteiger partial charge in [-0.1, -0.05) is 259 Å². The molecule has 1 atom stereocenters. The van der Waals surface area contributed by atoms with E-state index in [4.69, 9.17) is 14.2 Å². The van der Waals surface area contributed by atoms with Crippen LogP contribution in [0, 0.1) is 0 Å². The van der Waals surface area contributed by atoms with Crippen LogP contribution in [-0.2, 0) is 28.6 Å². The molecule has 1 unspecified atom stereocenters. The molecule has 6 heteroatoms. The molecule has 76 heavy (non-hydrogen) atoms. The molecule has 0 amide bonds. The normalized spacial score (nSPS) is 12.8. The van der Waals surface area contributed by atoms with Crippen molar-refractivity contribution in [3.8, 4) is 0 Å². The second-order valence-corrected chi connectivity index (χ2v) is 20.9. The van der Waals surface area contributed by atoms with E-state index in [1.165, 1.54) is 128 Å². The SMILES string of the molecule is CC/C=C\C/C=C\C/C=C\C/C=C\C/C=C\C/C=C\CCCCCCCCC(=O)OCC(COC(=O)CCCCCCC/C=C\CCCCCCCCC)OC(=O)CCCCCCCCC/C=C\C/C=C\CCCCC. The molecule has 0 radical (unpaired) electrons. The summed E-state index contributed by atoms with van der Waals surface area (Å²) >= 11 is 0. The van der Waals surface area contributed by atoms with Crippen molar-refractivity contribution in [2.75, 3.05) is 13.2 Å². The number of hydrogen-bond acceptors (Lipinski definition) is 6. The van der Waals surface area contributed by atoms with Crippen LogP contribution in [0.5, 0.6) is 0 Å². The van der Waals surface area contributed by atoms with Gasteiger partial charge in [0, 0.05) is 19.3 Å². The van der Waals surface area contributed by atoms with Gasteiger partial charge >= 0.3 is 17.9 Å². The fourth-order valence-corrected chi connectivity index (χ4v) is 8.71. The summed E-state index contributed by atoms with van der Waals surface area (Å²) in [7, 11) is 0. The Morgan fingerprint density at radius 1 is 0.276 bits per heavy atom. The Morgan fingerprint density at radius 2 is 0.513 bits per heavy atom. The predicted octanol–water partition coefficient (Wildman–Crippen LogP) is 21.8. The van der Waals surface area contributed by atoms with Gasteiger partial charge < -0.3 is 14.2 Å². The van der Waals surface area contributed by atoms with Crippen LogP contribution in [0.4, 0.5) is 0 Å². The third-order valence-electron chi connectivity index (χ3n) is 13.5. The lowest BCUT2D eigenvalue weighted by atomic mass is 10.1. The molecule has 6 nitrogen and oxygen atoms in total. The quantitative estimate of drug-likeness (QED) is 0.0261. The minimum Gasteiger partial charge on any atom is -0.462 e. The van der Waals surface area contributed by atoms with E-state index in [2.05, 4.69) is 130 Å². The van der Waals surface area contributed by atoms with E-state index in [1.54, 1.807) is 0 Å². The van der Waals surface area contributed by atoms with Gasteiger partial charge in [-0.05, 0) is 128 Å². The molecule has 0 heterocycles. The number of unbranched alkanes of at least 4 members (excludes halogenated alkanes) is 28. The summed E-state index contributed by atoms with van der Waals surface area (Å²) in [5, 5.41) is 0. The maximum absolute atomic E-state index is 12.9. The van der Waals surface area contributed by atoms with Gasteiger partial charge in [0.15, 0.2) is 6.10 Å². The van der Waals surface area contributed by atoms with Crippen molar-refractivity contribution in [2.24, 2.45) is 0 Å². The zero-order valence-corrected chi connectivity index (χ0v) is 49.7. The first-order valence-corrected chi connectivity index (χ1v) is 31.9. The molecule has 0 aromatic carbocycles. The number of hydrogen-bond donors (Lipinski definition) is 0. The van der Waals surface area contributed by atoms with E-state index >= 15 is 0 Å². The second-order valence-electron chi connectivity index (χ2n) is 20.9. The molecule has 0 aliphatic heterocycles. The van der Waals surface area contributed by atoms with Crippen LogP contribution in [0.15, 0.2) is 109 Å². The Morgan fingerprint density at radius 3 is 0.842 bits per heavy atom. The molecule has 434 valence electrons. The summed E-state index contributed by atoms with van der Waals surface area (Å²) in [4.78, 5) is 38.3. The van der Waals surface area contributed by atoms with Crippen molar-refractivity contribution in [3.63, 3.8) is 0 Å². The van der Waals surface area contributed by atoms with Crippen LogP contribution in [0.1, 0.15) is 297 Å². The minimum atomic E-state index is -0.795. The van der Waals surface area contributed by atoms with E-state index < -0.39 is 6.10 Å². The average Bonchev–Trinajstić information content (AvgIpc) is 3.42. The van der Waals surface area contributed by atoms with Crippen LogP contribution in [0.25, 0.3) is 0 Å².